The fourth-order valence-electron chi connectivity index (χ4n) is 1.04. The Balaban J connectivity index is 3.03. The molecule has 0 radical (unpaired) electrons. The lowest BCUT2D eigenvalue weighted by Gasteiger charge is -1.90. The number of aromatic nitrogens is 2. The molecule has 0 atom stereocenters. The van der Waals surface area contributed by atoms with Crippen LogP contribution in [-0.2, 0) is 0 Å². The van der Waals surface area contributed by atoms with Crippen molar-refractivity contribution in [3.63, 3.8) is 0 Å². The van der Waals surface area contributed by atoms with E-state index in [1.54, 1.807) is 0 Å². The van der Waals surface area contributed by atoms with Gasteiger partial charge in [0.05, 0.1) is 9.48 Å². The molecule has 3 nitrogen and oxygen atoms in total. The van der Waals surface area contributed by atoms with Gasteiger partial charge in [0.15, 0.2) is 0 Å². The smallest absolute Gasteiger partial charge is 0.266 e. The van der Waals surface area contributed by atoms with Crippen molar-refractivity contribution in [3.8, 4) is 0 Å². The minimum absolute atomic E-state index is 0.119. The standard InChI is InChI=1S/C7H5BrN2OS/c1-3-4-2-5(8)12-6(4)7(11)10-9-3/h2H,1H3,(H,10,11). The van der Waals surface area contributed by atoms with E-state index in [0.29, 0.717) is 0 Å². The average Bonchev–Trinajstić information content (AvgIpc) is 2.41. The first-order valence-corrected chi connectivity index (χ1v) is 4.94. The van der Waals surface area contributed by atoms with Crippen molar-refractivity contribution in [2.75, 3.05) is 0 Å². The summed E-state index contributed by atoms with van der Waals surface area (Å²) in [6.07, 6.45) is 0. The first-order chi connectivity index (χ1) is 5.68. The lowest BCUT2D eigenvalue weighted by atomic mass is 10.3. The Morgan fingerprint density at radius 1 is 1.67 bits per heavy atom. The van der Waals surface area contributed by atoms with Crippen molar-refractivity contribution in [1.29, 1.82) is 0 Å². The molecule has 0 aromatic carbocycles. The highest BCUT2D eigenvalue weighted by molar-refractivity contribution is 9.11. The number of fused-ring (bicyclic) bond motifs is 1. The van der Waals surface area contributed by atoms with E-state index in [1.165, 1.54) is 11.3 Å². The van der Waals surface area contributed by atoms with Gasteiger partial charge in [0.2, 0.25) is 0 Å². The van der Waals surface area contributed by atoms with Gasteiger partial charge in [-0.05, 0) is 28.9 Å². The third-order valence-electron chi connectivity index (χ3n) is 1.62. The van der Waals surface area contributed by atoms with Gasteiger partial charge >= 0.3 is 0 Å². The number of rotatable bonds is 0. The number of hydrogen-bond acceptors (Lipinski definition) is 3. The number of aryl methyl sites for hydroxylation is 1. The second-order valence-corrected chi connectivity index (χ2v) is 4.86. The van der Waals surface area contributed by atoms with Gasteiger partial charge in [0, 0.05) is 5.39 Å². The molecule has 0 bridgehead atoms. The molecule has 0 saturated carbocycles. The molecular formula is C7H5BrN2OS. The summed E-state index contributed by atoms with van der Waals surface area (Å²) in [5.74, 6) is 0. The Labute approximate surface area is 80.6 Å². The maximum absolute atomic E-state index is 11.2. The fraction of sp³-hybridized carbons (Fsp3) is 0.143. The van der Waals surface area contributed by atoms with Crippen molar-refractivity contribution >= 4 is 37.4 Å². The summed E-state index contributed by atoms with van der Waals surface area (Å²) in [6.45, 7) is 1.87. The summed E-state index contributed by atoms with van der Waals surface area (Å²) < 4.78 is 1.69. The van der Waals surface area contributed by atoms with E-state index in [1.807, 2.05) is 13.0 Å². The van der Waals surface area contributed by atoms with Gasteiger partial charge in [0.1, 0.15) is 4.70 Å². The van der Waals surface area contributed by atoms with Crippen molar-refractivity contribution < 1.29 is 0 Å². The number of H-pyrrole nitrogens is 1. The first-order valence-electron chi connectivity index (χ1n) is 3.33. The highest BCUT2D eigenvalue weighted by atomic mass is 79.9. The minimum Gasteiger partial charge on any atom is -0.266 e. The van der Waals surface area contributed by atoms with Crippen LogP contribution < -0.4 is 5.56 Å². The molecule has 0 fully saturated rings. The second kappa shape index (κ2) is 2.67. The molecule has 5 heteroatoms. The highest BCUT2D eigenvalue weighted by Crippen LogP contribution is 2.27. The number of nitrogens with zero attached hydrogens (tertiary/aromatic N) is 1. The summed E-state index contributed by atoms with van der Waals surface area (Å²) in [5, 5.41) is 7.23. The Hall–Kier alpha value is -0.680. The zero-order chi connectivity index (χ0) is 8.72. The maximum Gasteiger partial charge on any atom is 0.282 e. The van der Waals surface area contributed by atoms with E-state index in [4.69, 9.17) is 0 Å². The second-order valence-electron chi connectivity index (χ2n) is 2.43. The normalized spacial score (nSPS) is 10.8. The Morgan fingerprint density at radius 3 is 3.08 bits per heavy atom. The molecule has 2 heterocycles. The molecule has 0 aliphatic carbocycles. The van der Waals surface area contributed by atoms with E-state index in [0.717, 1.165) is 19.6 Å². The molecule has 0 aliphatic rings. The zero-order valence-electron chi connectivity index (χ0n) is 6.22. The van der Waals surface area contributed by atoms with E-state index in [-0.39, 0.29) is 5.56 Å². The van der Waals surface area contributed by atoms with Crippen molar-refractivity contribution in [3.05, 3.63) is 25.9 Å². The number of aromatic amines is 1. The molecule has 0 saturated heterocycles. The largest absolute Gasteiger partial charge is 0.282 e. The number of halogens is 1. The lowest BCUT2D eigenvalue weighted by molar-refractivity contribution is 0.973. The predicted octanol–water partition coefficient (Wildman–Crippen LogP) is 2.06. The molecular weight excluding hydrogens is 240 g/mol. The van der Waals surface area contributed by atoms with Crippen LogP contribution >= 0.6 is 27.3 Å². The Morgan fingerprint density at radius 2 is 2.42 bits per heavy atom. The van der Waals surface area contributed by atoms with Crippen LogP contribution in [-0.4, -0.2) is 10.2 Å². The number of hydrogen-bond donors (Lipinski definition) is 1. The van der Waals surface area contributed by atoms with Gasteiger partial charge < -0.3 is 0 Å². The van der Waals surface area contributed by atoms with Crippen molar-refractivity contribution in [2.24, 2.45) is 0 Å². The van der Waals surface area contributed by atoms with Crippen LogP contribution in [0.4, 0.5) is 0 Å². The van der Waals surface area contributed by atoms with Gasteiger partial charge in [-0.1, -0.05) is 0 Å². The fourth-order valence-corrected chi connectivity index (χ4v) is 2.59. The van der Waals surface area contributed by atoms with E-state index in [2.05, 4.69) is 26.1 Å². The molecule has 0 unspecified atom stereocenters. The topological polar surface area (TPSA) is 45.8 Å². The molecule has 1 N–H and O–H groups in total. The van der Waals surface area contributed by atoms with E-state index in [9.17, 15) is 4.79 Å². The molecule has 0 spiro atoms. The highest BCUT2D eigenvalue weighted by Gasteiger charge is 2.06. The van der Waals surface area contributed by atoms with Gasteiger partial charge in [-0.15, -0.1) is 11.3 Å². The molecule has 0 aliphatic heterocycles. The first kappa shape index (κ1) is 7.94. The average molecular weight is 245 g/mol. The molecule has 2 aromatic heterocycles. The maximum atomic E-state index is 11.2. The van der Waals surface area contributed by atoms with Gasteiger partial charge in [-0.25, -0.2) is 5.10 Å². The molecule has 2 aromatic rings. The summed E-state index contributed by atoms with van der Waals surface area (Å²) >= 11 is 4.76. The molecule has 0 amide bonds. The van der Waals surface area contributed by atoms with Crippen molar-refractivity contribution in [1.82, 2.24) is 10.2 Å². The molecule has 2 rings (SSSR count). The number of thiophene rings is 1. The zero-order valence-corrected chi connectivity index (χ0v) is 8.62. The van der Waals surface area contributed by atoms with Crippen LogP contribution in [0.5, 0.6) is 0 Å². The third kappa shape index (κ3) is 1.09. The summed E-state index contributed by atoms with van der Waals surface area (Å²) in [4.78, 5) is 11.2. The van der Waals surface area contributed by atoms with Crippen LogP contribution in [0.25, 0.3) is 10.1 Å². The summed E-state index contributed by atoms with van der Waals surface area (Å²) in [5.41, 5.74) is 0.734. The lowest BCUT2D eigenvalue weighted by Crippen LogP contribution is -2.07. The van der Waals surface area contributed by atoms with Crippen LogP contribution in [0.15, 0.2) is 14.6 Å². The number of nitrogens with one attached hydrogen (secondary N) is 1. The van der Waals surface area contributed by atoms with Crippen LogP contribution in [0.2, 0.25) is 0 Å². The van der Waals surface area contributed by atoms with Gasteiger partial charge in [-0.2, -0.15) is 5.10 Å². The van der Waals surface area contributed by atoms with E-state index < -0.39 is 0 Å². The van der Waals surface area contributed by atoms with E-state index >= 15 is 0 Å². The summed E-state index contributed by atoms with van der Waals surface area (Å²) in [7, 11) is 0. The molecule has 12 heavy (non-hydrogen) atoms. The van der Waals surface area contributed by atoms with Crippen LogP contribution in [0.3, 0.4) is 0 Å². The predicted molar refractivity (Wildman–Crippen MR) is 52.7 cm³/mol. The van der Waals surface area contributed by atoms with Gasteiger partial charge in [0.25, 0.3) is 5.56 Å². The third-order valence-corrected chi connectivity index (χ3v) is 3.26. The Bertz CT molecular complexity index is 488. The van der Waals surface area contributed by atoms with Crippen LogP contribution in [0, 0.1) is 6.92 Å². The molecule has 62 valence electrons. The van der Waals surface area contributed by atoms with Gasteiger partial charge in [-0.3, -0.25) is 4.79 Å². The minimum atomic E-state index is -0.119. The van der Waals surface area contributed by atoms with Crippen molar-refractivity contribution in [2.45, 2.75) is 6.92 Å². The Kier molecular flexibility index (Phi) is 1.77. The van der Waals surface area contributed by atoms with Crippen LogP contribution in [0.1, 0.15) is 5.69 Å². The monoisotopic (exact) mass is 244 g/mol. The quantitative estimate of drug-likeness (QED) is 0.772. The SMILES string of the molecule is Cc1n[nH]c(=O)c2sc(Br)cc12. The summed E-state index contributed by atoms with van der Waals surface area (Å²) in [6, 6.07) is 1.91.